The third-order valence-electron chi connectivity index (χ3n) is 5.65. The van der Waals surface area contributed by atoms with E-state index < -0.39 is 22.0 Å². The molecule has 1 unspecified atom stereocenters. The number of hydrogen-bond acceptors (Lipinski definition) is 4. The zero-order valence-electron chi connectivity index (χ0n) is 18.0. The van der Waals surface area contributed by atoms with E-state index >= 15 is 0 Å². The Balaban J connectivity index is 1.61. The summed E-state index contributed by atoms with van der Waals surface area (Å²) in [5, 5.41) is 3.13. The Hall–Kier alpha value is -3.00. The van der Waals surface area contributed by atoms with Gasteiger partial charge in [-0.25, -0.2) is 8.42 Å². The molecule has 3 aromatic carbocycles. The van der Waals surface area contributed by atoms with Crippen LogP contribution >= 0.6 is 11.6 Å². The van der Waals surface area contributed by atoms with Crippen molar-refractivity contribution in [3.05, 3.63) is 94.5 Å². The molecule has 0 spiro atoms. The van der Waals surface area contributed by atoms with E-state index in [1.54, 1.807) is 66.7 Å². The summed E-state index contributed by atoms with van der Waals surface area (Å²) in [6.07, 6.45) is 0.964. The highest BCUT2D eigenvalue weighted by Gasteiger charge is 2.39. The lowest BCUT2D eigenvalue weighted by Gasteiger charge is -2.24. The molecular weight excluding hydrogens is 460 g/mol. The molecule has 1 fully saturated rings. The maximum absolute atomic E-state index is 13.2. The van der Waals surface area contributed by atoms with Crippen LogP contribution in [0.25, 0.3) is 0 Å². The van der Waals surface area contributed by atoms with E-state index in [1.807, 2.05) is 6.92 Å². The number of rotatable bonds is 6. The molecule has 1 aliphatic rings. The summed E-state index contributed by atoms with van der Waals surface area (Å²) in [6, 6.07) is 19.0. The summed E-state index contributed by atoms with van der Waals surface area (Å²) < 4.78 is 27.6. The molecule has 1 N–H and O–H groups in total. The van der Waals surface area contributed by atoms with Gasteiger partial charge in [0.15, 0.2) is 5.78 Å². The van der Waals surface area contributed by atoms with Crippen molar-refractivity contribution in [2.45, 2.75) is 30.7 Å². The van der Waals surface area contributed by atoms with Crippen LogP contribution in [0.4, 0.5) is 5.69 Å². The number of aryl methyl sites for hydroxylation is 1. The minimum Gasteiger partial charge on any atom is -0.324 e. The second-order valence-corrected chi connectivity index (χ2v) is 10.3. The van der Waals surface area contributed by atoms with Crippen molar-refractivity contribution in [2.24, 2.45) is 0 Å². The number of nitrogens with zero attached hydrogens (tertiary/aromatic N) is 1. The molecule has 1 saturated heterocycles. The van der Waals surface area contributed by atoms with E-state index in [0.717, 1.165) is 5.56 Å². The summed E-state index contributed by atoms with van der Waals surface area (Å²) >= 11 is 6.12. The van der Waals surface area contributed by atoms with Crippen molar-refractivity contribution in [1.82, 2.24) is 4.31 Å². The smallest absolute Gasteiger partial charge is 0.243 e. The maximum atomic E-state index is 13.2. The number of ketones is 1. The zero-order valence-corrected chi connectivity index (χ0v) is 19.6. The van der Waals surface area contributed by atoms with E-state index in [9.17, 15) is 18.0 Å². The van der Waals surface area contributed by atoms with Crippen LogP contribution in [0.2, 0.25) is 5.02 Å². The molecule has 1 atom stereocenters. The van der Waals surface area contributed by atoms with Gasteiger partial charge in [0.1, 0.15) is 6.04 Å². The molecule has 4 rings (SSSR count). The third kappa shape index (κ3) is 4.85. The number of hydrogen-bond donors (Lipinski definition) is 1. The number of halogens is 1. The van der Waals surface area contributed by atoms with Gasteiger partial charge in [-0.05, 0) is 50.1 Å². The predicted octanol–water partition coefficient (Wildman–Crippen LogP) is 4.67. The largest absolute Gasteiger partial charge is 0.324 e. The lowest BCUT2D eigenvalue weighted by molar-refractivity contribution is -0.119. The highest BCUT2D eigenvalue weighted by atomic mass is 35.5. The maximum Gasteiger partial charge on any atom is 0.243 e. The molecule has 1 aliphatic heterocycles. The summed E-state index contributed by atoms with van der Waals surface area (Å²) in [7, 11) is -3.83. The number of amides is 1. The van der Waals surface area contributed by atoms with E-state index in [-0.39, 0.29) is 28.5 Å². The highest BCUT2D eigenvalue weighted by Crippen LogP contribution is 2.29. The van der Waals surface area contributed by atoms with Crippen LogP contribution in [0.1, 0.15) is 34.3 Å². The van der Waals surface area contributed by atoms with E-state index in [1.165, 1.54) is 10.4 Å². The first-order valence-electron chi connectivity index (χ1n) is 10.6. The fraction of sp³-hybridized carbons (Fsp3) is 0.200. The van der Waals surface area contributed by atoms with Crippen LogP contribution in [-0.2, 0) is 14.8 Å². The van der Waals surface area contributed by atoms with Gasteiger partial charge in [0.05, 0.1) is 10.6 Å². The minimum absolute atomic E-state index is 0.152. The van der Waals surface area contributed by atoms with Gasteiger partial charge in [0, 0.05) is 22.7 Å². The number of carbonyl (C=O) groups is 2. The van der Waals surface area contributed by atoms with Gasteiger partial charge in [-0.2, -0.15) is 4.31 Å². The zero-order chi connectivity index (χ0) is 23.6. The van der Waals surface area contributed by atoms with Gasteiger partial charge in [-0.15, -0.1) is 0 Å². The first-order valence-corrected chi connectivity index (χ1v) is 12.4. The lowest BCUT2D eigenvalue weighted by Crippen LogP contribution is -2.43. The van der Waals surface area contributed by atoms with Crippen LogP contribution in [0.3, 0.4) is 0 Å². The number of nitrogens with one attached hydrogen (secondary N) is 1. The second kappa shape index (κ2) is 9.47. The average Bonchev–Trinajstić information content (AvgIpc) is 3.32. The van der Waals surface area contributed by atoms with Gasteiger partial charge >= 0.3 is 0 Å². The molecule has 0 aliphatic carbocycles. The van der Waals surface area contributed by atoms with Crippen LogP contribution in [0.15, 0.2) is 77.7 Å². The Morgan fingerprint density at radius 1 is 1.00 bits per heavy atom. The van der Waals surface area contributed by atoms with Gasteiger partial charge in [-0.1, -0.05) is 59.6 Å². The Labute approximate surface area is 198 Å². The van der Waals surface area contributed by atoms with Gasteiger partial charge in [0.2, 0.25) is 15.9 Å². The minimum atomic E-state index is -3.83. The number of sulfonamides is 1. The molecule has 1 heterocycles. The summed E-state index contributed by atoms with van der Waals surface area (Å²) in [5.74, 6) is -0.767. The molecule has 0 radical (unpaired) electrons. The molecule has 6 nitrogen and oxygen atoms in total. The summed E-state index contributed by atoms with van der Waals surface area (Å²) in [5.41, 5.74) is 1.94. The van der Waals surface area contributed by atoms with E-state index in [0.29, 0.717) is 23.4 Å². The molecular formula is C25H23ClN2O4S. The molecule has 0 saturated carbocycles. The van der Waals surface area contributed by atoms with Gasteiger partial charge < -0.3 is 5.32 Å². The number of benzene rings is 3. The SMILES string of the molecule is Cc1ccc(S(=O)(=O)N2CCCC2C(=O)Nc2ccc(Cl)cc2C(=O)c2ccccc2)cc1. The molecule has 33 heavy (non-hydrogen) atoms. The van der Waals surface area contributed by atoms with Crippen molar-refractivity contribution in [3.63, 3.8) is 0 Å². The quantitative estimate of drug-likeness (QED) is 0.517. The second-order valence-electron chi connectivity index (χ2n) is 7.96. The standard InChI is InChI=1S/C25H23ClN2O4S/c1-17-9-12-20(13-10-17)33(31,32)28-15-5-8-23(28)25(30)27-22-14-11-19(26)16-21(22)24(29)18-6-3-2-4-7-18/h2-4,6-7,9-14,16,23H,5,8,15H2,1H3,(H,27,30). The van der Waals surface area contributed by atoms with Crippen LogP contribution in [0, 0.1) is 6.92 Å². The van der Waals surface area contributed by atoms with E-state index in [4.69, 9.17) is 11.6 Å². The molecule has 8 heteroatoms. The first-order chi connectivity index (χ1) is 15.8. The third-order valence-corrected chi connectivity index (χ3v) is 7.81. The summed E-state index contributed by atoms with van der Waals surface area (Å²) in [6.45, 7) is 2.13. The van der Waals surface area contributed by atoms with Crippen molar-refractivity contribution in [1.29, 1.82) is 0 Å². The Bertz CT molecular complexity index is 1290. The van der Waals surface area contributed by atoms with Crippen LogP contribution in [0.5, 0.6) is 0 Å². The molecule has 0 bridgehead atoms. The van der Waals surface area contributed by atoms with Gasteiger partial charge in [-0.3, -0.25) is 9.59 Å². The monoisotopic (exact) mass is 482 g/mol. The van der Waals surface area contributed by atoms with Crippen molar-refractivity contribution >= 4 is 39.0 Å². The van der Waals surface area contributed by atoms with Crippen molar-refractivity contribution < 1.29 is 18.0 Å². The van der Waals surface area contributed by atoms with Crippen molar-refractivity contribution in [2.75, 3.05) is 11.9 Å². The topological polar surface area (TPSA) is 83.6 Å². The van der Waals surface area contributed by atoms with Crippen LogP contribution < -0.4 is 5.32 Å². The number of carbonyl (C=O) groups excluding carboxylic acids is 2. The van der Waals surface area contributed by atoms with Crippen molar-refractivity contribution in [3.8, 4) is 0 Å². The first kappa shape index (κ1) is 23.2. The molecule has 170 valence electrons. The normalized spacial score (nSPS) is 16.5. The lowest BCUT2D eigenvalue weighted by atomic mass is 10.0. The Morgan fingerprint density at radius 3 is 2.39 bits per heavy atom. The van der Waals surface area contributed by atoms with Gasteiger partial charge in [0.25, 0.3) is 0 Å². The summed E-state index contributed by atoms with van der Waals surface area (Å²) in [4.78, 5) is 26.4. The molecule has 0 aromatic heterocycles. The highest BCUT2D eigenvalue weighted by molar-refractivity contribution is 7.89. The molecule has 1 amide bonds. The average molecular weight is 483 g/mol. The van der Waals surface area contributed by atoms with Crippen LogP contribution in [-0.4, -0.2) is 37.0 Å². The number of anilines is 1. The fourth-order valence-electron chi connectivity index (χ4n) is 3.91. The Kier molecular flexibility index (Phi) is 6.65. The molecule has 3 aromatic rings. The fourth-order valence-corrected chi connectivity index (χ4v) is 5.74. The Morgan fingerprint density at radius 2 is 1.70 bits per heavy atom. The van der Waals surface area contributed by atoms with E-state index in [2.05, 4.69) is 5.32 Å². The predicted molar refractivity (Wildman–Crippen MR) is 128 cm³/mol.